The maximum absolute atomic E-state index is 13.2. The lowest BCUT2D eigenvalue weighted by Crippen LogP contribution is -2.48. The van der Waals surface area contributed by atoms with Crippen molar-refractivity contribution in [3.05, 3.63) is 58.4 Å². The van der Waals surface area contributed by atoms with Gasteiger partial charge >= 0.3 is 12.2 Å². The molecule has 5 rings (SSSR count). The van der Waals surface area contributed by atoms with E-state index in [1.807, 2.05) is 4.90 Å². The summed E-state index contributed by atoms with van der Waals surface area (Å²) in [5.41, 5.74) is 4.26. The maximum Gasteiger partial charge on any atom is 0.417 e. The quantitative estimate of drug-likeness (QED) is 0.672. The molecule has 9 heteroatoms. The van der Waals surface area contributed by atoms with Crippen LogP contribution in [-0.4, -0.2) is 65.6 Å². The minimum atomic E-state index is -4.43. The van der Waals surface area contributed by atoms with Gasteiger partial charge in [-0.1, -0.05) is 6.07 Å². The third-order valence-electron chi connectivity index (χ3n) is 7.63. The summed E-state index contributed by atoms with van der Waals surface area (Å²) in [6.45, 7) is 8.26. The highest BCUT2D eigenvalue weighted by Crippen LogP contribution is 2.31. The van der Waals surface area contributed by atoms with Crippen LogP contribution in [0.15, 0.2) is 30.5 Å². The van der Waals surface area contributed by atoms with E-state index >= 15 is 0 Å². The first-order chi connectivity index (χ1) is 17.2. The van der Waals surface area contributed by atoms with Crippen molar-refractivity contribution in [1.29, 1.82) is 0 Å². The normalized spacial score (nSPS) is 21.1. The summed E-state index contributed by atoms with van der Waals surface area (Å²) in [7, 11) is 0. The highest BCUT2D eigenvalue weighted by atomic mass is 19.4. The van der Waals surface area contributed by atoms with Gasteiger partial charge in [0.1, 0.15) is 0 Å². The van der Waals surface area contributed by atoms with Gasteiger partial charge in [0.25, 0.3) is 0 Å². The van der Waals surface area contributed by atoms with E-state index in [1.165, 1.54) is 16.8 Å². The lowest BCUT2D eigenvalue weighted by molar-refractivity contribution is -0.137. The number of hydrogen-bond acceptors (Lipinski definition) is 4. The van der Waals surface area contributed by atoms with Crippen LogP contribution in [-0.2, 0) is 19.1 Å². The Hall–Kier alpha value is -2.81. The van der Waals surface area contributed by atoms with Crippen LogP contribution in [0.1, 0.15) is 47.2 Å². The first-order valence-electron chi connectivity index (χ1n) is 12.8. The largest absolute Gasteiger partial charge is 0.417 e. The third kappa shape index (κ3) is 5.45. The Labute approximate surface area is 210 Å². The van der Waals surface area contributed by atoms with Gasteiger partial charge in [-0.2, -0.15) is 13.2 Å². The number of hydrogen-bond donors (Lipinski definition) is 1. The van der Waals surface area contributed by atoms with Crippen molar-refractivity contribution in [2.75, 3.05) is 37.6 Å². The first kappa shape index (κ1) is 24.9. The molecule has 3 aliphatic rings. The van der Waals surface area contributed by atoms with Gasteiger partial charge < -0.3 is 20.0 Å². The maximum atomic E-state index is 13.2. The summed E-state index contributed by atoms with van der Waals surface area (Å²) in [4.78, 5) is 23.1. The molecular formula is C27H34F3N5O. The molecule has 0 radical (unpaired) electrons. The number of pyridine rings is 1. The van der Waals surface area contributed by atoms with Gasteiger partial charge in [0.05, 0.1) is 5.56 Å². The number of nitrogens with zero attached hydrogens (tertiary/aromatic N) is 4. The van der Waals surface area contributed by atoms with Gasteiger partial charge in [-0.15, -0.1) is 0 Å². The number of anilines is 1. The number of carbonyl (C=O) groups excluding carboxylic acids is 1. The van der Waals surface area contributed by atoms with Crippen LogP contribution in [0.2, 0.25) is 0 Å². The van der Waals surface area contributed by atoms with Crippen LogP contribution in [0.3, 0.4) is 0 Å². The topological polar surface area (TPSA) is 51.7 Å². The van der Waals surface area contributed by atoms with Gasteiger partial charge in [-0.25, -0.2) is 4.79 Å². The number of aromatic nitrogens is 1. The fourth-order valence-corrected chi connectivity index (χ4v) is 5.79. The molecule has 1 aromatic carbocycles. The van der Waals surface area contributed by atoms with E-state index < -0.39 is 11.7 Å². The van der Waals surface area contributed by atoms with Crippen molar-refractivity contribution in [3.8, 4) is 0 Å². The SMILES string of the molecule is Cc1cc(C)cc(N2CCC(NC3CCN(C(=O)N4CCc5ncc(C(F)(F)F)cc5C4)C3)CC2)c1. The lowest BCUT2D eigenvalue weighted by atomic mass is 10.0. The number of likely N-dealkylation sites (tertiary alicyclic amines) is 1. The first-order valence-corrected chi connectivity index (χ1v) is 12.8. The Morgan fingerprint density at radius 1 is 0.944 bits per heavy atom. The average molecular weight is 502 g/mol. The molecule has 1 N–H and O–H groups in total. The number of nitrogens with one attached hydrogen (secondary N) is 1. The Balaban J connectivity index is 1.12. The van der Waals surface area contributed by atoms with Gasteiger partial charge in [0.2, 0.25) is 0 Å². The summed E-state index contributed by atoms with van der Waals surface area (Å²) in [6, 6.07) is 8.43. The minimum Gasteiger partial charge on any atom is -0.371 e. The van der Waals surface area contributed by atoms with Crippen LogP contribution < -0.4 is 10.2 Å². The minimum absolute atomic E-state index is 0.0907. The Morgan fingerprint density at radius 2 is 1.64 bits per heavy atom. The van der Waals surface area contributed by atoms with Gasteiger partial charge in [0, 0.05) is 75.4 Å². The molecular weight excluding hydrogens is 467 g/mol. The zero-order valence-electron chi connectivity index (χ0n) is 20.9. The summed E-state index contributed by atoms with van der Waals surface area (Å²) in [5.74, 6) is 0. The molecule has 1 aromatic heterocycles. The molecule has 0 saturated carbocycles. The van der Waals surface area contributed by atoms with Gasteiger partial charge in [0.15, 0.2) is 0 Å². The fourth-order valence-electron chi connectivity index (χ4n) is 5.79. The van der Waals surface area contributed by atoms with E-state index in [-0.39, 0.29) is 18.6 Å². The van der Waals surface area contributed by atoms with E-state index in [1.54, 1.807) is 4.90 Å². The number of alkyl halides is 3. The van der Waals surface area contributed by atoms with Crippen LogP contribution >= 0.6 is 0 Å². The number of aryl methyl sites for hydroxylation is 2. The van der Waals surface area contributed by atoms with Gasteiger partial charge in [-0.3, -0.25) is 4.98 Å². The van der Waals surface area contributed by atoms with E-state index in [4.69, 9.17) is 0 Å². The van der Waals surface area contributed by atoms with E-state index in [9.17, 15) is 18.0 Å². The predicted molar refractivity (Wildman–Crippen MR) is 133 cm³/mol. The summed E-state index contributed by atoms with van der Waals surface area (Å²) >= 11 is 0. The number of fused-ring (bicyclic) bond motifs is 1. The van der Waals surface area contributed by atoms with Crippen LogP contribution in [0, 0.1) is 13.8 Å². The number of rotatable bonds is 3. The molecule has 6 nitrogen and oxygen atoms in total. The molecule has 1 atom stereocenters. The lowest BCUT2D eigenvalue weighted by Gasteiger charge is -2.36. The summed E-state index contributed by atoms with van der Waals surface area (Å²) in [6.07, 6.45) is -0.0402. The van der Waals surface area contributed by atoms with Crippen molar-refractivity contribution in [2.45, 2.75) is 64.3 Å². The molecule has 194 valence electrons. The number of halogens is 3. The van der Waals surface area contributed by atoms with Gasteiger partial charge in [-0.05, 0) is 68.0 Å². The highest BCUT2D eigenvalue weighted by Gasteiger charge is 2.35. The van der Waals surface area contributed by atoms with Crippen LogP contribution in [0.5, 0.6) is 0 Å². The van der Waals surface area contributed by atoms with Crippen LogP contribution in [0.25, 0.3) is 0 Å². The monoisotopic (exact) mass is 501 g/mol. The van der Waals surface area contributed by atoms with Crippen molar-refractivity contribution in [3.63, 3.8) is 0 Å². The van der Waals surface area contributed by atoms with Crippen molar-refractivity contribution in [1.82, 2.24) is 20.1 Å². The Morgan fingerprint density at radius 3 is 2.33 bits per heavy atom. The summed E-state index contributed by atoms with van der Waals surface area (Å²) < 4.78 is 39.3. The number of benzene rings is 1. The van der Waals surface area contributed by atoms with Crippen molar-refractivity contribution in [2.24, 2.45) is 0 Å². The number of urea groups is 1. The predicted octanol–water partition coefficient (Wildman–Crippen LogP) is 4.53. The number of amides is 2. The molecule has 36 heavy (non-hydrogen) atoms. The molecule has 0 spiro atoms. The number of carbonyl (C=O) groups is 1. The molecule has 2 saturated heterocycles. The molecule has 2 aromatic rings. The highest BCUT2D eigenvalue weighted by molar-refractivity contribution is 5.75. The second kappa shape index (κ2) is 9.92. The zero-order valence-corrected chi connectivity index (χ0v) is 20.9. The number of piperidine rings is 1. The molecule has 0 aliphatic carbocycles. The van der Waals surface area contributed by atoms with E-state index in [0.717, 1.165) is 44.6 Å². The molecule has 2 amide bonds. The molecule has 3 aliphatic heterocycles. The second-order valence-corrected chi connectivity index (χ2v) is 10.5. The average Bonchev–Trinajstić information content (AvgIpc) is 3.30. The molecule has 4 heterocycles. The summed E-state index contributed by atoms with van der Waals surface area (Å²) in [5, 5.41) is 3.77. The fraction of sp³-hybridized carbons (Fsp3) is 0.556. The van der Waals surface area contributed by atoms with E-state index in [0.29, 0.717) is 43.4 Å². The Bertz CT molecular complexity index is 1090. The molecule has 1 unspecified atom stereocenters. The van der Waals surface area contributed by atoms with Crippen molar-refractivity contribution < 1.29 is 18.0 Å². The van der Waals surface area contributed by atoms with Crippen LogP contribution in [0.4, 0.5) is 23.7 Å². The second-order valence-electron chi connectivity index (χ2n) is 10.5. The Kier molecular flexibility index (Phi) is 6.85. The zero-order chi connectivity index (χ0) is 25.4. The molecule has 0 bridgehead atoms. The van der Waals surface area contributed by atoms with E-state index in [2.05, 4.69) is 47.2 Å². The standard InChI is InChI=1S/C27H34F3N5O/c1-18-11-19(2)13-24(12-18)33-7-3-22(4-8-33)32-23-5-9-35(17-23)26(36)34-10-6-25-20(16-34)14-21(15-31-25)27(28,29)30/h11-15,22-23,32H,3-10,16-17H2,1-2H3. The molecule has 2 fully saturated rings. The smallest absolute Gasteiger partial charge is 0.371 e. The third-order valence-corrected chi connectivity index (χ3v) is 7.63. The van der Waals surface area contributed by atoms with Crippen molar-refractivity contribution >= 4 is 11.7 Å².